The molecule has 4 rings (SSSR count). The molecule has 3 nitrogen and oxygen atoms in total. The Morgan fingerprint density at radius 3 is 2.54 bits per heavy atom. The Morgan fingerprint density at radius 1 is 1.29 bits per heavy atom. The number of ether oxygens (including phenoxy) is 1. The van der Waals surface area contributed by atoms with Crippen LogP contribution in [0.1, 0.15) is 52.9 Å². The monoisotopic (exact) mass is 343 g/mol. The highest BCUT2D eigenvalue weighted by atomic mass is 19.4. The van der Waals surface area contributed by atoms with Crippen molar-refractivity contribution in [1.82, 2.24) is 0 Å². The van der Waals surface area contributed by atoms with Gasteiger partial charge in [-0.2, -0.15) is 18.4 Å². The standard InChI is InChI=1S/C18H24F3NO2/c1-10(11(2)18(19,20)21)15(23)24-17-6-13-4-14(12(17)3)7-16(5-13,8-17)9-22/h10-14H,4-8H2,1-3H3. The molecule has 134 valence electrons. The first-order valence-corrected chi connectivity index (χ1v) is 8.73. The summed E-state index contributed by atoms with van der Waals surface area (Å²) >= 11 is 0. The molecule has 24 heavy (non-hydrogen) atoms. The van der Waals surface area contributed by atoms with Crippen molar-refractivity contribution in [2.24, 2.45) is 35.0 Å². The molecule has 0 N–H and O–H groups in total. The van der Waals surface area contributed by atoms with Crippen molar-refractivity contribution in [2.75, 3.05) is 0 Å². The largest absolute Gasteiger partial charge is 0.458 e. The summed E-state index contributed by atoms with van der Waals surface area (Å²) in [5, 5.41) is 9.63. The molecule has 0 radical (unpaired) electrons. The van der Waals surface area contributed by atoms with Crippen LogP contribution < -0.4 is 0 Å². The molecule has 0 aromatic heterocycles. The van der Waals surface area contributed by atoms with E-state index in [1.54, 1.807) is 0 Å². The lowest BCUT2D eigenvalue weighted by Crippen LogP contribution is -2.62. The summed E-state index contributed by atoms with van der Waals surface area (Å²) in [5.41, 5.74) is -1.21. The van der Waals surface area contributed by atoms with Crippen molar-refractivity contribution >= 4 is 5.97 Å². The van der Waals surface area contributed by atoms with Crippen molar-refractivity contribution in [1.29, 1.82) is 5.26 Å². The Bertz CT molecular complexity index is 584. The first kappa shape index (κ1) is 17.6. The predicted octanol–water partition coefficient (Wildman–Crippen LogP) is 4.47. The third-order valence-electron chi connectivity index (χ3n) is 6.96. The Morgan fingerprint density at radius 2 is 1.96 bits per heavy atom. The topological polar surface area (TPSA) is 50.1 Å². The predicted molar refractivity (Wildman–Crippen MR) is 80.5 cm³/mol. The van der Waals surface area contributed by atoms with Gasteiger partial charge < -0.3 is 4.74 Å². The quantitative estimate of drug-likeness (QED) is 0.710. The van der Waals surface area contributed by atoms with Crippen molar-refractivity contribution < 1.29 is 22.7 Å². The molecule has 4 aliphatic carbocycles. The third-order valence-corrected chi connectivity index (χ3v) is 6.96. The second-order valence-corrected chi connectivity index (χ2v) is 8.44. The Balaban J connectivity index is 1.81. The van der Waals surface area contributed by atoms with Crippen LogP contribution in [0.3, 0.4) is 0 Å². The maximum absolute atomic E-state index is 12.9. The molecule has 7 atom stereocenters. The first-order chi connectivity index (χ1) is 11.0. The third kappa shape index (κ3) is 2.60. The second kappa shape index (κ2) is 5.37. The maximum Gasteiger partial charge on any atom is 0.392 e. The number of nitriles is 1. The van der Waals surface area contributed by atoms with Gasteiger partial charge in [-0.3, -0.25) is 4.79 Å². The highest BCUT2D eigenvalue weighted by Crippen LogP contribution is 2.64. The molecule has 4 fully saturated rings. The summed E-state index contributed by atoms with van der Waals surface area (Å²) in [5.74, 6) is -2.97. The van der Waals surface area contributed by atoms with Gasteiger partial charge >= 0.3 is 12.1 Å². The average molecular weight is 343 g/mol. The van der Waals surface area contributed by atoms with Gasteiger partial charge in [0.25, 0.3) is 0 Å². The zero-order valence-corrected chi connectivity index (χ0v) is 14.3. The molecule has 0 amide bonds. The Hall–Kier alpha value is -1.25. The van der Waals surface area contributed by atoms with Crippen LogP contribution in [-0.2, 0) is 9.53 Å². The smallest absolute Gasteiger partial charge is 0.392 e. The van der Waals surface area contributed by atoms with E-state index in [9.17, 15) is 23.2 Å². The number of alkyl halides is 3. The van der Waals surface area contributed by atoms with E-state index in [1.165, 1.54) is 6.92 Å². The van der Waals surface area contributed by atoms with Crippen molar-refractivity contribution in [3.8, 4) is 6.07 Å². The zero-order valence-electron chi connectivity index (χ0n) is 14.3. The van der Waals surface area contributed by atoms with Gasteiger partial charge in [0, 0.05) is 6.42 Å². The lowest BCUT2D eigenvalue weighted by atomic mass is 9.45. The molecular formula is C18H24F3NO2. The molecule has 4 aliphatic rings. The molecule has 4 bridgehead atoms. The number of esters is 1. The molecule has 7 unspecified atom stereocenters. The van der Waals surface area contributed by atoms with E-state index >= 15 is 0 Å². The molecule has 0 saturated heterocycles. The highest BCUT2D eigenvalue weighted by Gasteiger charge is 2.63. The van der Waals surface area contributed by atoms with Gasteiger partial charge in [0.2, 0.25) is 0 Å². The van der Waals surface area contributed by atoms with Crippen molar-refractivity contribution in [3.05, 3.63) is 0 Å². The van der Waals surface area contributed by atoms with Crippen LogP contribution in [0.4, 0.5) is 13.2 Å². The molecule has 0 aromatic rings. The summed E-state index contributed by atoms with van der Waals surface area (Å²) in [6.45, 7) is 4.33. The van der Waals surface area contributed by atoms with Gasteiger partial charge in [0.1, 0.15) is 5.60 Å². The van der Waals surface area contributed by atoms with E-state index in [0.717, 1.165) is 26.2 Å². The second-order valence-electron chi connectivity index (χ2n) is 8.44. The number of rotatable bonds is 3. The molecular weight excluding hydrogens is 319 g/mol. The van der Waals surface area contributed by atoms with Crippen LogP contribution in [0.2, 0.25) is 0 Å². The molecule has 0 aliphatic heterocycles. The van der Waals surface area contributed by atoms with Gasteiger partial charge in [-0.25, -0.2) is 0 Å². The molecule has 4 saturated carbocycles. The van der Waals surface area contributed by atoms with E-state index < -0.39 is 35.0 Å². The number of hydrogen-bond acceptors (Lipinski definition) is 3. The average Bonchev–Trinajstić information content (AvgIpc) is 2.49. The van der Waals surface area contributed by atoms with Crippen LogP contribution >= 0.6 is 0 Å². The van der Waals surface area contributed by atoms with Crippen LogP contribution in [0.5, 0.6) is 0 Å². The number of carbonyl (C=O) groups is 1. The van der Waals surface area contributed by atoms with E-state index in [0.29, 0.717) is 24.7 Å². The minimum Gasteiger partial charge on any atom is -0.458 e. The number of halogens is 3. The van der Waals surface area contributed by atoms with Crippen LogP contribution in [0, 0.1) is 46.3 Å². The summed E-state index contributed by atoms with van der Waals surface area (Å²) < 4.78 is 44.5. The fourth-order valence-electron chi connectivity index (χ4n) is 5.41. The molecule has 0 heterocycles. The molecule has 6 heteroatoms. The zero-order chi connectivity index (χ0) is 17.9. The van der Waals surface area contributed by atoms with E-state index in [4.69, 9.17) is 4.74 Å². The van der Waals surface area contributed by atoms with Crippen LogP contribution in [0.25, 0.3) is 0 Å². The van der Waals surface area contributed by atoms with Gasteiger partial charge in [-0.1, -0.05) is 20.8 Å². The maximum atomic E-state index is 12.9. The lowest BCUT2D eigenvalue weighted by molar-refractivity contribution is -0.228. The minimum atomic E-state index is -4.42. The van der Waals surface area contributed by atoms with Gasteiger partial charge in [-0.15, -0.1) is 0 Å². The number of nitrogens with zero attached hydrogens (tertiary/aromatic N) is 1. The normalized spacial score (nSPS) is 43.1. The summed E-state index contributed by atoms with van der Waals surface area (Å²) in [4.78, 5) is 12.4. The lowest BCUT2D eigenvalue weighted by Gasteiger charge is -2.62. The van der Waals surface area contributed by atoms with Crippen molar-refractivity contribution in [2.45, 2.75) is 64.7 Å². The van der Waals surface area contributed by atoms with Gasteiger partial charge in [-0.05, 0) is 43.4 Å². The summed E-state index contributed by atoms with van der Waals surface area (Å²) in [6.07, 6.45) is -0.552. The van der Waals surface area contributed by atoms with Gasteiger partial charge in [0.15, 0.2) is 0 Å². The van der Waals surface area contributed by atoms with E-state index in [-0.39, 0.29) is 5.92 Å². The van der Waals surface area contributed by atoms with Crippen LogP contribution in [0.15, 0.2) is 0 Å². The minimum absolute atomic E-state index is 0.105. The number of carbonyl (C=O) groups excluding carboxylic acids is 1. The molecule has 0 spiro atoms. The summed E-state index contributed by atoms with van der Waals surface area (Å²) in [7, 11) is 0. The number of hydrogen-bond donors (Lipinski definition) is 0. The fraction of sp³-hybridized carbons (Fsp3) is 0.889. The van der Waals surface area contributed by atoms with E-state index in [1.807, 2.05) is 6.92 Å². The highest BCUT2D eigenvalue weighted by molar-refractivity contribution is 5.73. The first-order valence-electron chi connectivity index (χ1n) is 8.73. The van der Waals surface area contributed by atoms with Gasteiger partial charge in [0.05, 0.1) is 23.3 Å². The van der Waals surface area contributed by atoms with Crippen LogP contribution in [-0.4, -0.2) is 17.7 Å². The fourth-order valence-corrected chi connectivity index (χ4v) is 5.41. The Labute approximate surface area is 140 Å². The SMILES string of the molecule is CC(C(=O)OC12CC3CC(CC(C#N)(C3)C1)C2C)C(C)C(F)(F)F. The Kier molecular flexibility index (Phi) is 3.93. The van der Waals surface area contributed by atoms with E-state index in [2.05, 4.69) is 6.07 Å². The molecule has 0 aromatic carbocycles. The van der Waals surface area contributed by atoms with Crippen molar-refractivity contribution in [3.63, 3.8) is 0 Å². The summed E-state index contributed by atoms with van der Waals surface area (Å²) in [6, 6.07) is 2.43.